The van der Waals surface area contributed by atoms with E-state index < -0.39 is 10.0 Å². The molecule has 0 radical (unpaired) electrons. The monoisotopic (exact) mass is 334 g/mol. The first-order valence-corrected chi connectivity index (χ1v) is 7.78. The largest absolute Gasteiger partial charge is 0.336 e. The number of halogens is 1. The van der Waals surface area contributed by atoms with E-state index in [1.54, 1.807) is 13.0 Å². The lowest BCUT2D eigenvalue weighted by atomic mass is 10.2. The molecule has 1 atom stereocenters. The van der Waals surface area contributed by atoms with E-state index in [1.807, 2.05) is 6.92 Å². The second kappa shape index (κ2) is 6.69. The molecular formula is C12H19ClN4O3S. The number of aryl methyl sites for hydroxylation is 1. The van der Waals surface area contributed by atoms with Gasteiger partial charge >= 0.3 is 0 Å². The van der Waals surface area contributed by atoms with Crippen molar-refractivity contribution in [2.45, 2.75) is 31.2 Å². The van der Waals surface area contributed by atoms with Gasteiger partial charge in [-0.05, 0) is 19.4 Å². The lowest BCUT2D eigenvalue weighted by Crippen LogP contribution is -2.39. The predicted molar refractivity (Wildman–Crippen MR) is 81.9 cm³/mol. The molecule has 0 aliphatic rings. The fourth-order valence-electron chi connectivity index (χ4n) is 1.81. The Morgan fingerprint density at radius 1 is 1.48 bits per heavy atom. The summed E-state index contributed by atoms with van der Waals surface area (Å²) in [6.45, 7) is 3.92. The van der Waals surface area contributed by atoms with Gasteiger partial charge in [-0.25, -0.2) is 13.4 Å². The average Bonchev–Trinajstić information content (AvgIpc) is 2.87. The van der Waals surface area contributed by atoms with E-state index in [2.05, 4.69) is 10.1 Å². The molecule has 118 valence electrons. The van der Waals surface area contributed by atoms with Crippen LogP contribution in [-0.4, -0.2) is 42.5 Å². The second-order valence-electron chi connectivity index (χ2n) is 4.61. The minimum absolute atomic E-state index is 0. The maximum atomic E-state index is 12.5. The maximum absolute atomic E-state index is 12.5. The molecule has 0 saturated carbocycles. The third-order valence-electron chi connectivity index (χ3n) is 3.35. The highest BCUT2D eigenvalue weighted by Crippen LogP contribution is 2.23. The molecule has 7 nitrogen and oxygen atoms in total. The van der Waals surface area contributed by atoms with Gasteiger partial charge in [-0.15, -0.1) is 12.4 Å². The van der Waals surface area contributed by atoms with Crippen LogP contribution in [0, 0.1) is 0 Å². The van der Waals surface area contributed by atoms with Crippen molar-refractivity contribution in [2.24, 2.45) is 5.73 Å². The van der Waals surface area contributed by atoms with E-state index >= 15 is 0 Å². The molecule has 0 aromatic carbocycles. The first-order valence-electron chi connectivity index (χ1n) is 6.34. The third kappa shape index (κ3) is 3.18. The molecule has 0 aliphatic heterocycles. The van der Waals surface area contributed by atoms with Crippen molar-refractivity contribution >= 4 is 33.5 Å². The first-order chi connectivity index (χ1) is 9.41. The SMILES string of the molecule is CCc1noc2ncc(S(=O)(=O)N(C)C(C)CN)cc12.Cl. The molecular weight excluding hydrogens is 316 g/mol. The minimum atomic E-state index is -3.62. The summed E-state index contributed by atoms with van der Waals surface area (Å²) in [6, 6.07) is 1.26. The molecule has 0 saturated heterocycles. The summed E-state index contributed by atoms with van der Waals surface area (Å²) in [7, 11) is -2.12. The van der Waals surface area contributed by atoms with Crippen molar-refractivity contribution in [1.82, 2.24) is 14.4 Å². The van der Waals surface area contributed by atoms with E-state index in [0.717, 1.165) is 0 Å². The summed E-state index contributed by atoms with van der Waals surface area (Å²) < 4.78 is 31.2. The number of aromatic nitrogens is 2. The Morgan fingerprint density at radius 3 is 2.71 bits per heavy atom. The normalized spacial score (nSPS) is 13.4. The predicted octanol–water partition coefficient (Wildman–Crippen LogP) is 1.17. The van der Waals surface area contributed by atoms with Crippen molar-refractivity contribution < 1.29 is 12.9 Å². The summed E-state index contributed by atoms with van der Waals surface area (Å²) in [5, 5.41) is 4.49. The average molecular weight is 335 g/mol. The lowest BCUT2D eigenvalue weighted by molar-refractivity contribution is 0.394. The Hall–Kier alpha value is -1.22. The van der Waals surface area contributed by atoms with Gasteiger partial charge in [-0.1, -0.05) is 12.1 Å². The molecule has 1 unspecified atom stereocenters. The van der Waals surface area contributed by atoms with Crippen LogP contribution >= 0.6 is 12.4 Å². The van der Waals surface area contributed by atoms with Crippen LogP contribution in [0.15, 0.2) is 21.7 Å². The highest BCUT2D eigenvalue weighted by atomic mass is 35.5. The highest BCUT2D eigenvalue weighted by Gasteiger charge is 2.26. The number of nitrogens with two attached hydrogens (primary N) is 1. The molecule has 0 amide bonds. The van der Waals surface area contributed by atoms with Crippen molar-refractivity contribution in [1.29, 1.82) is 0 Å². The van der Waals surface area contributed by atoms with Crippen LogP contribution in [0.1, 0.15) is 19.5 Å². The standard InChI is InChI=1S/C12H18N4O3S.ClH/c1-4-11-10-5-9(7-14-12(10)19-15-11)20(17,18)16(3)8(2)6-13;/h5,7-8H,4,6,13H2,1-3H3;1H. The smallest absolute Gasteiger partial charge is 0.258 e. The summed E-state index contributed by atoms with van der Waals surface area (Å²) in [4.78, 5) is 4.13. The van der Waals surface area contributed by atoms with E-state index in [9.17, 15) is 8.42 Å². The van der Waals surface area contributed by atoms with Crippen LogP contribution < -0.4 is 5.73 Å². The van der Waals surface area contributed by atoms with Crippen molar-refractivity contribution in [3.8, 4) is 0 Å². The van der Waals surface area contributed by atoms with Crippen molar-refractivity contribution in [2.75, 3.05) is 13.6 Å². The van der Waals surface area contributed by atoms with Crippen LogP contribution in [0.4, 0.5) is 0 Å². The van der Waals surface area contributed by atoms with Crippen LogP contribution in [0.3, 0.4) is 0 Å². The van der Waals surface area contributed by atoms with Gasteiger partial charge in [0.15, 0.2) is 0 Å². The molecule has 2 N–H and O–H groups in total. The maximum Gasteiger partial charge on any atom is 0.258 e. The Morgan fingerprint density at radius 2 is 2.14 bits per heavy atom. The Kier molecular flexibility index (Phi) is 5.68. The van der Waals surface area contributed by atoms with E-state index in [1.165, 1.54) is 17.5 Å². The van der Waals surface area contributed by atoms with Crippen LogP contribution in [0.25, 0.3) is 11.1 Å². The summed E-state index contributed by atoms with van der Waals surface area (Å²) in [5.74, 6) is 0. The Balaban J connectivity index is 0.00000220. The highest BCUT2D eigenvalue weighted by molar-refractivity contribution is 7.89. The number of sulfonamides is 1. The molecule has 0 bridgehead atoms. The van der Waals surface area contributed by atoms with Crippen LogP contribution in [0.5, 0.6) is 0 Å². The summed E-state index contributed by atoms with van der Waals surface area (Å²) >= 11 is 0. The molecule has 2 aromatic rings. The quantitative estimate of drug-likeness (QED) is 0.880. The van der Waals surface area contributed by atoms with Crippen molar-refractivity contribution in [3.63, 3.8) is 0 Å². The number of nitrogens with zero attached hydrogens (tertiary/aromatic N) is 3. The Labute approximate surface area is 130 Å². The molecule has 0 fully saturated rings. The molecule has 2 heterocycles. The summed E-state index contributed by atoms with van der Waals surface area (Å²) in [5.41, 5.74) is 6.56. The van der Waals surface area contributed by atoms with Gasteiger partial charge in [-0.3, -0.25) is 0 Å². The van der Waals surface area contributed by atoms with E-state index in [4.69, 9.17) is 10.3 Å². The molecule has 0 spiro atoms. The van der Waals surface area contributed by atoms with Gasteiger partial charge in [0.1, 0.15) is 4.90 Å². The number of pyridine rings is 1. The molecule has 0 aliphatic carbocycles. The number of hydrogen-bond acceptors (Lipinski definition) is 6. The molecule has 2 aromatic heterocycles. The van der Waals surface area contributed by atoms with Crippen molar-refractivity contribution in [3.05, 3.63) is 18.0 Å². The van der Waals surface area contributed by atoms with Gasteiger partial charge in [0, 0.05) is 19.6 Å². The number of hydrogen-bond donors (Lipinski definition) is 1. The van der Waals surface area contributed by atoms with Gasteiger partial charge in [0.05, 0.1) is 17.3 Å². The Bertz CT molecular complexity index is 716. The second-order valence-corrected chi connectivity index (χ2v) is 6.61. The fourth-order valence-corrected chi connectivity index (χ4v) is 3.15. The summed E-state index contributed by atoms with van der Waals surface area (Å²) in [6.07, 6.45) is 1.93. The van der Waals surface area contributed by atoms with Gasteiger partial charge < -0.3 is 10.3 Å². The topological polar surface area (TPSA) is 102 Å². The molecule has 21 heavy (non-hydrogen) atoms. The third-order valence-corrected chi connectivity index (χ3v) is 5.29. The lowest BCUT2D eigenvalue weighted by Gasteiger charge is -2.22. The fraction of sp³-hybridized carbons (Fsp3) is 0.500. The first kappa shape index (κ1) is 17.8. The van der Waals surface area contributed by atoms with Crippen LogP contribution in [0.2, 0.25) is 0 Å². The zero-order valence-electron chi connectivity index (χ0n) is 12.1. The van der Waals surface area contributed by atoms with E-state index in [0.29, 0.717) is 23.2 Å². The van der Waals surface area contributed by atoms with Gasteiger partial charge in [-0.2, -0.15) is 4.31 Å². The zero-order valence-corrected chi connectivity index (χ0v) is 13.7. The molecule has 2 rings (SSSR count). The van der Waals surface area contributed by atoms with Gasteiger partial charge in [0.25, 0.3) is 5.71 Å². The molecule has 9 heteroatoms. The number of likely N-dealkylation sites (N-methyl/N-ethyl adjacent to an activating group) is 1. The van der Waals surface area contributed by atoms with Gasteiger partial charge in [0.2, 0.25) is 10.0 Å². The zero-order chi connectivity index (χ0) is 14.9. The van der Waals surface area contributed by atoms with E-state index in [-0.39, 0.29) is 29.9 Å². The number of rotatable bonds is 5. The minimum Gasteiger partial charge on any atom is -0.336 e. The number of fused-ring (bicyclic) bond motifs is 1. The van der Waals surface area contributed by atoms with Crippen LogP contribution in [-0.2, 0) is 16.4 Å².